The van der Waals surface area contributed by atoms with E-state index in [-0.39, 0.29) is 16.9 Å². The molecule has 0 saturated carbocycles. The molecule has 0 aromatic heterocycles. The molecule has 1 N–H and O–H groups in total. The number of rotatable bonds is 5. The normalized spacial score (nSPS) is 18.0. The van der Waals surface area contributed by atoms with E-state index < -0.39 is 9.84 Å². The van der Waals surface area contributed by atoms with Crippen LogP contribution in [0.15, 0.2) is 29.2 Å². The predicted molar refractivity (Wildman–Crippen MR) is 88.2 cm³/mol. The fraction of sp³-hybridized carbons (Fsp3) is 0.562. The Morgan fingerprint density at radius 1 is 1.17 bits per heavy atom. The van der Waals surface area contributed by atoms with Crippen LogP contribution >= 0.6 is 0 Å². The van der Waals surface area contributed by atoms with Gasteiger partial charge in [-0.05, 0) is 30.7 Å². The molecule has 0 radical (unpaired) electrons. The summed E-state index contributed by atoms with van der Waals surface area (Å²) in [6.07, 6.45) is 1.56. The zero-order chi connectivity index (χ0) is 17.0. The Labute approximate surface area is 137 Å². The smallest absolute Gasteiger partial charge is 0.253 e. The van der Waals surface area contributed by atoms with Gasteiger partial charge in [0, 0.05) is 44.5 Å². The Morgan fingerprint density at radius 3 is 2.22 bits per heavy atom. The summed E-state index contributed by atoms with van der Waals surface area (Å²) < 4.78 is 22.9. The van der Waals surface area contributed by atoms with Gasteiger partial charge >= 0.3 is 0 Å². The third kappa shape index (κ3) is 4.76. The number of benzene rings is 1. The Morgan fingerprint density at radius 2 is 1.74 bits per heavy atom. The van der Waals surface area contributed by atoms with Crippen LogP contribution in [-0.4, -0.2) is 74.3 Å². The number of sulfone groups is 1. The van der Waals surface area contributed by atoms with Crippen LogP contribution in [0.1, 0.15) is 23.7 Å². The van der Waals surface area contributed by atoms with E-state index in [1.807, 2.05) is 6.92 Å². The number of carbonyl (C=O) groups excluding carboxylic acids is 1. The molecule has 1 fully saturated rings. The molecule has 0 spiro atoms. The van der Waals surface area contributed by atoms with Crippen molar-refractivity contribution in [2.45, 2.75) is 24.3 Å². The molecule has 6 nitrogen and oxygen atoms in total. The Hall–Kier alpha value is -1.44. The Kier molecular flexibility index (Phi) is 5.78. The van der Waals surface area contributed by atoms with Crippen LogP contribution < -0.4 is 0 Å². The summed E-state index contributed by atoms with van der Waals surface area (Å²) in [6, 6.07) is 6.06. The summed E-state index contributed by atoms with van der Waals surface area (Å²) >= 11 is 0. The van der Waals surface area contributed by atoms with E-state index in [9.17, 15) is 18.3 Å². The van der Waals surface area contributed by atoms with Crippen LogP contribution in [0.3, 0.4) is 0 Å². The van der Waals surface area contributed by atoms with Crippen LogP contribution in [0.5, 0.6) is 0 Å². The van der Waals surface area contributed by atoms with Crippen LogP contribution in [0.4, 0.5) is 0 Å². The third-order valence-corrected chi connectivity index (χ3v) is 5.26. The van der Waals surface area contributed by atoms with E-state index in [1.54, 1.807) is 17.0 Å². The summed E-state index contributed by atoms with van der Waals surface area (Å²) in [5, 5.41) is 9.68. The first-order valence-electron chi connectivity index (χ1n) is 7.81. The Balaban J connectivity index is 1.95. The second kappa shape index (κ2) is 7.42. The fourth-order valence-corrected chi connectivity index (χ4v) is 3.22. The van der Waals surface area contributed by atoms with Crippen molar-refractivity contribution in [3.05, 3.63) is 29.8 Å². The van der Waals surface area contributed by atoms with Gasteiger partial charge in [0.25, 0.3) is 5.91 Å². The first kappa shape index (κ1) is 17.9. The number of nitrogens with zero attached hydrogens (tertiary/aromatic N) is 2. The number of aliphatic hydroxyl groups excluding tert-OH is 1. The summed E-state index contributed by atoms with van der Waals surface area (Å²) in [4.78, 5) is 16.6. The number of aliphatic hydroxyl groups is 1. The number of β-amino-alcohol motifs (C(OH)–C–C–N with tert-alkyl or cyclic N) is 1. The molecule has 1 aromatic rings. The lowest BCUT2D eigenvalue weighted by Gasteiger charge is -2.35. The standard InChI is InChI=1S/C16H24N2O4S/c1-3-14(19)12-17-8-10-18(11-9-17)16(20)13-4-6-15(7-5-13)23(2,21)22/h4-7,14,19H,3,8-12H2,1-2H3/t14-/m0/s1. The summed E-state index contributed by atoms with van der Waals surface area (Å²) in [5.74, 6) is -0.0826. The van der Waals surface area contributed by atoms with Crippen molar-refractivity contribution in [2.24, 2.45) is 0 Å². The van der Waals surface area contributed by atoms with Crippen molar-refractivity contribution >= 4 is 15.7 Å². The van der Waals surface area contributed by atoms with Crippen LogP contribution in [-0.2, 0) is 9.84 Å². The molecule has 0 aliphatic carbocycles. The predicted octanol–water partition coefficient (Wildman–Crippen LogP) is 0.619. The van der Waals surface area contributed by atoms with Crippen LogP contribution in [0.2, 0.25) is 0 Å². The second-order valence-electron chi connectivity index (χ2n) is 5.95. The molecule has 2 rings (SSSR count). The molecule has 7 heteroatoms. The fourth-order valence-electron chi connectivity index (χ4n) is 2.59. The van der Waals surface area contributed by atoms with Crippen molar-refractivity contribution in [2.75, 3.05) is 39.0 Å². The largest absolute Gasteiger partial charge is 0.392 e. The van der Waals surface area contributed by atoms with Gasteiger partial charge in [0.15, 0.2) is 9.84 Å². The number of amides is 1. The highest BCUT2D eigenvalue weighted by Gasteiger charge is 2.23. The maximum absolute atomic E-state index is 12.5. The quantitative estimate of drug-likeness (QED) is 0.850. The molecule has 0 unspecified atom stereocenters. The molecule has 1 aromatic carbocycles. The zero-order valence-electron chi connectivity index (χ0n) is 13.6. The highest BCUT2D eigenvalue weighted by atomic mass is 32.2. The molecule has 1 amide bonds. The van der Waals surface area contributed by atoms with Crippen LogP contribution in [0, 0.1) is 0 Å². The molecular formula is C16H24N2O4S. The van der Waals surface area contributed by atoms with Gasteiger partial charge in [0.2, 0.25) is 0 Å². The minimum Gasteiger partial charge on any atom is -0.392 e. The summed E-state index contributed by atoms with van der Waals surface area (Å²) in [7, 11) is -3.25. The van der Waals surface area contributed by atoms with E-state index >= 15 is 0 Å². The van der Waals surface area contributed by atoms with Crippen LogP contribution in [0.25, 0.3) is 0 Å². The highest BCUT2D eigenvalue weighted by Crippen LogP contribution is 2.13. The second-order valence-corrected chi connectivity index (χ2v) is 7.97. The Bertz CT molecular complexity index is 635. The molecule has 1 atom stereocenters. The molecule has 0 bridgehead atoms. The minimum absolute atomic E-state index is 0.0826. The van der Waals surface area contributed by atoms with E-state index in [1.165, 1.54) is 12.1 Å². The first-order valence-corrected chi connectivity index (χ1v) is 9.70. The first-order chi connectivity index (χ1) is 10.8. The minimum atomic E-state index is -3.25. The molecule has 128 valence electrons. The monoisotopic (exact) mass is 340 g/mol. The highest BCUT2D eigenvalue weighted by molar-refractivity contribution is 7.90. The lowest BCUT2D eigenvalue weighted by Crippen LogP contribution is -2.50. The lowest BCUT2D eigenvalue weighted by molar-refractivity contribution is 0.0523. The molecule has 1 aliphatic rings. The van der Waals surface area contributed by atoms with Crippen molar-refractivity contribution in [1.82, 2.24) is 9.80 Å². The maximum Gasteiger partial charge on any atom is 0.253 e. The van der Waals surface area contributed by atoms with Gasteiger partial charge in [-0.25, -0.2) is 8.42 Å². The van der Waals surface area contributed by atoms with E-state index in [2.05, 4.69) is 4.90 Å². The molecule has 1 heterocycles. The van der Waals surface area contributed by atoms with Gasteiger partial charge in [-0.15, -0.1) is 0 Å². The van der Waals surface area contributed by atoms with E-state index in [4.69, 9.17) is 0 Å². The van der Waals surface area contributed by atoms with Gasteiger partial charge in [0.05, 0.1) is 11.0 Å². The topological polar surface area (TPSA) is 77.9 Å². The van der Waals surface area contributed by atoms with Gasteiger partial charge in [-0.3, -0.25) is 9.69 Å². The number of piperazine rings is 1. The summed E-state index contributed by atoms with van der Waals surface area (Å²) in [6.45, 7) is 5.30. The van der Waals surface area contributed by atoms with Gasteiger partial charge in [0.1, 0.15) is 0 Å². The van der Waals surface area contributed by atoms with Gasteiger partial charge < -0.3 is 10.0 Å². The number of hydrogen-bond donors (Lipinski definition) is 1. The van der Waals surface area contributed by atoms with Gasteiger partial charge in [-0.2, -0.15) is 0 Å². The molecule has 1 aliphatic heterocycles. The zero-order valence-corrected chi connectivity index (χ0v) is 14.4. The maximum atomic E-state index is 12.5. The summed E-state index contributed by atoms with van der Waals surface area (Å²) in [5.41, 5.74) is 0.499. The van der Waals surface area contributed by atoms with Crippen molar-refractivity contribution < 1.29 is 18.3 Å². The number of hydrogen-bond acceptors (Lipinski definition) is 5. The van der Waals surface area contributed by atoms with Gasteiger partial charge in [-0.1, -0.05) is 6.92 Å². The van der Waals surface area contributed by atoms with E-state index in [0.29, 0.717) is 25.2 Å². The average Bonchev–Trinajstić information content (AvgIpc) is 2.54. The third-order valence-electron chi connectivity index (χ3n) is 4.13. The van der Waals surface area contributed by atoms with Crippen molar-refractivity contribution in [1.29, 1.82) is 0 Å². The average molecular weight is 340 g/mol. The lowest BCUT2D eigenvalue weighted by atomic mass is 10.1. The van der Waals surface area contributed by atoms with Crippen molar-refractivity contribution in [3.8, 4) is 0 Å². The van der Waals surface area contributed by atoms with E-state index in [0.717, 1.165) is 25.8 Å². The van der Waals surface area contributed by atoms with Crippen molar-refractivity contribution in [3.63, 3.8) is 0 Å². The molecule has 1 saturated heterocycles. The molecular weight excluding hydrogens is 316 g/mol. The number of carbonyl (C=O) groups is 1. The SMILES string of the molecule is CC[C@H](O)CN1CCN(C(=O)c2ccc(S(C)(=O)=O)cc2)CC1. The molecule has 23 heavy (non-hydrogen) atoms.